The van der Waals surface area contributed by atoms with E-state index in [1.807, 2.05) is 0 Å². The molecule has 0 radical (unpaired) electrons. The first-order valence-corrected chi connectivity index (χ1v) is 11.4. The Bertz CT molecular complexity index is 1210. The van der Waals surface area contributed by atoms with Crippen molar-refractivity contribution in [3.63, 3.8) is 0 Å². The number of carbonyl (C=O) groups is 1. The maximum atomic E-state index is 12.5. The minimum atomic E-state index is -3.57. The number of sulfone groups is 1. The molecule has 32 heavy (non-hydrogen) atoms. The Hall–Kier alpha value is -3.79. The van der Waals surface area contributed by atoms with Gasteiger partial charge in [-0.25, -0.2) is 23.4 Å². The molecule has 2 heterocycles. The summed E-state index contributed by atoms with van der Waals surface area (Å²) in [5.41, 5.74) is 0.430. The molecule has 1 N–H and O–H groups in total. The zero-order valence-corrected chi connectivity index (χ0v) is 17.7. The summed E-state index contributed by atoms with van der Waals surface area (Å²) in [4.78, 5) is 20.5. The number of benzene rings is 2. The van der Waals surface area contributed by atoms with Crippen LogP contribution in [-0.4, -0.2) is 53.8 Å². The SMILES string of the molecule is O=C(c1ccc(O)cc1)N1CC(COc2ccc(S(=O)(=O)Cc3ncccn3)cc2)C=N1. The molecule has 1 aliphatic heterocycles. The van der Waals surface area contributed by atoms with Gasteiger partial charge in [0, 0.05) is 30.1 Å². The molecule has 0 aliphatic carbocycles. The Kier molecular flexibility index (Phi) is 6.13. The van der Waals surface area contributed by atoms with Gasteiger partial charge in [0.15, 0.2) is 9.84 Å². The number of phenolic OH excluding ortho intramolecular Hbond substituents is 1. The summed E-state index contributed by atoms with van der Waals surface area (Å²) in [6, 6.07) is 13.7. The van der Waals surface area contributed by atoms with Crippen molar-refractivity contribution in [2.75, 3.05) is 13.2 Å². The van der Waals surface area contributed by atoms with Crippen LogP contribution in [0.3, 0.4) is 0 Å². The Morgan fingerprint density at radius 3 is 2.44 bits per heavy atom. The topological polar surface area (TPSA) is 122 Å². The van der Waals surface area contributed by atoms with Gasteiger partial charge in [-0.05, 0) is 54.6 Å². The van der Waals surface area contributed by atoms with Crippen molar-refractivity contribution >= 4 is 22.0 Å². The second-order valence-corrected chi connectivity index (χ2v) is 9.15. The molecular weight excluding hydrogens is 432 g/mol. The van der Waals surface area contributed by atoms with Crippen LogP contribution in [0.1, 0.15) is 16.2 Å². The molecule has 4 rings (SSSR count). The molecule has 2 aromatic carbocycles. The second-order valence-electron chi connectivity index (χ2n) is 7.17. The van der Waals surface area contributed by atoms with Crippen LogP contribution in [0.15, 0.2) is 77.0 Å². The highest BCUT2D eigenvalue weighted by Crippen LogP contribution is 2.21. The first-order chi connectivity index (χ1) is 15.4. The zero-order chi connectivity index (χ0) is 22.6. The monoisotopic (exact) mass is 452 g/mol. The molecule has 0 bridgehead atoms. The number of hydrazone groups is 1. The average Bonchev–Trinajstić information content (AvgIpc) is 3.27. The number of ether oxygens (including phenoxy) is 1. The Balaban J connectivity index is 1.31. The lowest BCUT2D eigenvalue weighted by Crippen LogP contribution is -2.28. The van der Waals surface area contributed by atoms with E-state index < -0.39 is 9.84 Å². The molecule has 0 fully saturated rings. The minimum absolute atomic E-state index is 0.0879. The standard InChI is InChI=1S/C22H20N4O5S/c27-18-4-2-17(3-5-18)22(28)26-13-16(12-25-26)14-31-19-6-8-20(9-7-19)32(29,30)15-21-23-10-1-11-24-21/h1-12,16,27H,13-15H2. The normalized spacial score (nSPS) is 15.6. The van der Waals surface area contributed by atoms with E-state index in [4.69, 9.17) is 4.74 Å². The number of amides is 1. The summed E-state index contributed by atoms with van der Waals surface area (Å²) in [5, 5.41) is 14.8. The summed E-state index contributed by atoms with van der Waals surface area (Å²) in [7, 11) is -3.57. The van der Waals surface area contributed by atoms with Crippen molar-refractivity contribution in [2.24, 2.45) is 11.0 Å². The van der Waals surface area contributed by atoms with Gasteiger partial charge >= 0.3 is 0 Å². The molecule has 1 aromatic heterocycles. The fraction of sp³-hybridized carbons (Fsp3) is 0.182. The molecule has 3 aromatic rings. The zero-order valence-electron chi connectivity index (χ0n) is 16.9. The maximum absolute atomic E-state index is 12.5. The lowest BCUT2D eigenvalue weighted by Gasteiger charge is -2.15. The van der Waals surface area contributed by atoms with E-state index >= 15 is 0 Å². The van der Waals surface area contributed by atoms with E-state index in [9.17, 15) is 18.3 Å². The van der Waals surface area contributed by atoms with Gasteiger partial charge in [-0.15, -0.1) is 0 Å². The summed E-state index contributed by atoms with van der Waals surface area (Å²) in [5.74, 6) is 0.189. The van der Waals surface area contributed by atoms with Gasteiger partial charge in [0.1, 0.15) is 23.1 Å². The molecule has 10 heteroatoms. The summed E-state index contributed by atoms with van der Waals surface area (Å²) in [6.07, 6.45) is 4.65. The third-order valence-electron chi connectivity index (χ3n) is 4.76. The Morgan fingerprint density at radius 2 is 1.75 bits per heavy atom. The largest absolute Gasteiger partial charge is 0.508 e. The lowest BCUT2D eigenvalue weighted by molar-refractivity contribution is 0.0761. The lowest BCUT2D eigenvalue weighted by atomic mass is 10.1. The van der Waals surface area contributed by atoms with Gasteiger partial charge in [-0.2, -0.15) is 5.10 Å². The highest BCUT2D eigenvalue weighted by molar-refractivity contribution is 7.90. The van der Waals surface area contributed by atoms with Gasteiger partial charge in [-0.1, -0.05) is 0 Å². The molecular formula is C22H20N4O5S. The van der Waals surface area contributed by atoms with Crippen molar-refractivity contribution in [3.8, 4) is 11.5 Å². The third-order valence-corrected chi connectivity index (χ3v) is 6.39. The summed E-state index contributed by atoms with van der Waals surface area (Å²) >= 11 is 0. The average molecular weight is 452 g/mol. The van der Waals surface area contributed by atoms with Crippen molar-refractivity contribution in [2.45, 2.75) is 10.6 Å². The summed E-state index contributed by atoms with van der Waals surface area (Å²) < 4.78 is 30.8. The number of hydrogen-bond acceptors (Lipinski definition) is 8. The second kappa shape index (κ2) is 9.15. The minimum Gasteiger partial charge on any atom is -0.508 e. The molecule has 164 valence electrons. The van der Waals surface area contributed by atoms with E-state index in [2.05, 4.69) is 15.1 Å². The maximum Gasteiger partial charge on any atom is 0.273 e. The van der Waals surface area contributed by atoms with E-state index in [1.54, 1.807) is 24.4 Å². The quantitative estimate of drug-likeness (QED) is 0.584. The van der Waals surface area contributed by atoms with Crippen LogP contribution in [0.4, 0.5) is 0 Å². The first-order valence-electron chi connectivity index (χ1n) is 9.77. The van der Waals surface area contributed by atoms with E-state index in [0.717, 1.165) is 0 Å². The Morgan fingerprint density at radius 1 is 1.06 bits per heavy atom. The molecule has 1 amide bonds. The molecule has 0 saturated carbocycles. The smallest absolute Gasteiger partial charge is 0.273 e. The van der Waals surface area contributed by atoms with Gasteiger partial charge in [0.25, 0.3) is 5.91 Å². The number of aromatic nitrogens is 2. The van der Waals surface area contributed by atoms with Crippen LogP contribution in [0.25, 0.3) is 0 Å². The van der Waals surface area contributed by atoms with E-state index in [0.29, 0.717) is 17.9 Å². The Labute approximate surface area is 184 Å². The first kappa shape index (κ1) is 21.4. The van der Waals surface area contributed by atoms with E-state index in [-0.39, 0.29) is 40.7 Å². The molecule has 0 spiro atoms. The van der Waals surface area contributed by atoms with Crippen molar-refractivity contribution < 1.29 is 23.1 Å². The molecule has 1 aliphatic rings. The number of phenols is 1. The fourth-order valence-electron chi connectivity index (χ4n) is 3.08. The van der Waals surface area contributed by atoms with Crippen LogP contribution < -0.4 is 4.74 Å². The van der Waals surface area contributed by atoms with Gasteiger partial charge in [0.2, 0.25) is 0 Å². The van der Waals surface area contributed by atoms with Crippen LogP contribution in [0, 0.1) is 5.92 Å². The highest BCUT2D eigenvalue weighted by Gasteiger charge is 2.24. The van der Waals surface area contributed by atoms with Crippen molar-refractivity contribution in [3.05, 3.63) is 78.4 Å². The van der Waals surface area contributed by atoms with Gasteiger partial charge < -0.3 is 9.84 Å². The molecule has 1 atom stereocenters. The van der Waals surface area contributed by atoms with Crippen LogP contribution >= 0.6 is 0 Å². The number of aromatic hydroxyl groups is 1. The number of nitrogens with zero attached hydrogens (tertiary/aromatic N) is 4. The molecule has 9 nitrogen and oxygen atoms in total. The molecule has 1 unspecified atom stereocenters. The van der Waals surface area contributed by atoms with Crippen LogP contribution in [-0.2, 0) is 15.6 Å². The van der Waals surface area contributed by atoms with Crippen molar-refractivity contribution in [1.82, 2.24) is 15.0 Å². The third kappa shape index (κ3) is 5.09. The van der Waals surface area contributed by atoms with Crippen LogP contribution in [0.2, 0.25) is 0 Å². The predicted molar refractivity (Wildman–Crippen MR) is 116 cm³/mol. The molecule has 0 saturated heterocycles. The van der Waals surface area contributed by atoms with Crippen LogP contribution in [0.5, 0.6) is 11.5 Å². The number of rotatable bonds is 7. The van der Waals surface area contributed by atoms with Gasteiger partial charge in [0.05, 0.1) is 18.0 Å². The highest BCUT2D eigenvalue weighted by atomic mass is 32.2. The number of carbonyl (C=O) groups excluding carboxylic acids is 1. The predicted octanol–water partition coefficient (Wildman–Crippen LogP) is 2.29. The summed E-state index contributed by atoms with van der Waals surface area (Å²) in [6.45, 7) is 0.649. The van der Waals surface area contributed by atoms with Crippen molar-refractivity contribution in [1.29, 1.82) is 0 Å². The number of hydrogen-bond donors (Lipinski definition) is 1. The fourth-order valence-corrected chi connectivity index (χ4v) is 4.29. The van der Waals surface area contributed by atoms with Gasteiger partial charge in [-0.3, -0.25) is 4.79 Å². The van der Waals surface area contributed by atoms with E-state index in [1.165, 1.54) is 53.8 Å².